The summed E-state index contributed by atoms with van der Waals surface area (Å²) in [5.74, 6) is 1.95. The van der Waals surface area contributed by atoms with Crippen molar-refractivity contribution in [3.63, 3.8) is 0 Å². The summed E-state index contributed by atoms with van der Waals surface area (Å²) in [6.45, 7) is 5.13. The van der Waals surface area contributed by atoms with E-state index in [1.807, 2.05) is 17.9 Å². The Labute approximate surface area is 91.1 Å². The fourth-order valence-electron chi connectivity index (χ4n) is 2.27. The van der Waals surface area contributed by atoms with E-state index in [2.05, 4.69) is 16.9 Å². The van der Waals surface area contributed by atoms with Crippen LogP contribution in [0.1, 0.15) is 25.3 Å². The fraction of sp³-hybridized carbons (Fsp3) is 0.727. The average molecular weight is 208 g/mol. The third kappa shape index (κ3) is 2.00. The number of rotatable bonds is 4. The summed E-state index contributed by atoms with van der Waals surface area (Å²) in [7, 11) is 1.95. The van der Waals surface area contributed by atoms with Crippen molar-refractivity contribution in [2.75, 3.05) is 18.0 Å². The minimum atomic E-state index is 0.581. The molecule has 0 aromatic carbocycles. The molecule has 15 heavy (non-hydrogen) atoms. The Hall–Kier alpha value is -1.03. The highest BCUT2D eigenvalue weighted by atomic mass is 15.4. The zero-order valence-corrected chi connectivity index (χ0v) is 9.61. The van der Waals surface area contributed by atoms with Gasteiger partial charge in [0.2, 0.25) is 0 Å². The molecule has 2 N–H and O–H groups in total. The predicted octanol–water partition coefficient (Wildman–Crippen LogP) is 1.12. The molecule has 0 radical (unpaired) electrons. The quantitative estimate of drug-likeness (QED) is 0.806. The highest BCUT2D eigenvalue weighted by Crippen LogP contribution is 2.28. The van der Waals surface area contributed by atoms with E-state index in [0.717, 1.165) is 30.4 Å². The van der Waals surface area contributed by atoms with Gasteiger partial charge in [-0.3, -0.25) is 4.68 Å². The molecule has 0 bridgehead atoms. The van der Waals surface area contributed by atoms with Crippen molar-refractivity contribution in [2.45, 2.75) is 26.3 Å². The van der Waals surface area contributed by atoms with Crippen LogP contribution in [0, 0.1) is 5.92 Å². The van der Waals surface area contributed by atoms with E-state index in [4.69, 9.17) is 5.73 Å². The summed E-state index contributed by atoms with van der Waals surface area (Å²) < 4.78 is 1.85. The minimum absolute atomic E-state index is 0.581. The normalized spacial score (nSPS) is 16.9. The molecule has 0 atom stereocenters. The van der Waals surface area contributed by atoms with Crippen LogP contribution in [0.2, 0.25) is 0 Å². The lowest BCUT2D eigenvalue weighted by atomic mass is 9.95. The van der Waals surface area contributed by atoms with Gasteiger partial charge in [-0.25, -0.2) is 0 Å². The molecule has 1 aliphatic heterocycles. The van der Waals surface area contributed by atoms with E-state index in [1.165, 1.54) is 12.8 Å². The third-order valence-corrected chi connectivity index (χ3v) is 3.06. The molecule has 1 aromatic rings. The van der Waals surface area contributed by atoms with Crippen LogP contribution in [-0.2, 0) is 13.6 Å². The largest absolute Gasteiger partial charge is 0.354 e. The molecule has 84 valence electrons. The van der Waals surface area contributed by atoms with E-state index in [9.17, 15) is 0 Å². The first-order valence-electron chi connectivity index (χ1n) is 5.72. The molecule has 0 spiro atoms. The van der Waals surface area contributed by atoms with Gasteiger partial charge in [0.05, 0.1) is 0 Å². The van der Waals surface area contributed by atoms with Gasteiger partial charge in [0.1, 0.15) is 0 Å². The smallest absolute Gasteiger partial charge is 0.155 e. The minimum Gasteiger partial charge on any atom is -0.354 e. The standard InChI is InChI=1S/C11H20N4/c1-3-4-9-6-15(7-9)11-10(5-12)8-14(2)13-11/h8-9H,3-7,12H2,1-2H3. The number of nitrogens with two attached hydrogens (primary N) is 1. The average Bonchev–Trinajstić information content (AvgIpc) is 2.52. The molecule has 0 saturated carbocycles. The van der Waals surface area contributed by atoms with E-state index >= 15 is 0 Å². The van der Waals surface area contributed by atoms with Crippen LogP contribution in [0.5, 0.6) is 0 Å². The number of aryl methyl sites for hydroxylation is 1. The predicted molar refractivity (Wildman–Crippen MR) is 61.7 cm³/mol. The first kappa shape index (κ1) is 10.5. The number of nitrogens with zero attached hydrogens (tertiary/aromatic N) is 3. The molecular weight excluding hydrogens is 188 g/mol. The van der Waals surface area contributed by atoms with Gasteiger partial charge in [-0.1, -0.05) is 13.3 Å². The van der Waals surface area contributed by atoms with Gasteiger partial charge in [-0.05, 0) is 12.3 Å². The number of aromatic nitrogens is 2. The van der Waals surface area contributed by atoms with E-state index in [-0.39, 0.29) is 0 Å². The Morgan fingerprint density at radius 2 is 2.27 bits per heavy atom. The summed E-state index contributed by atoms with van der Waals surface area (Å²) in [5, 5.41) is 4.46. The second-order valence-corrected chi connectivity index (χ2v) is 4.42. The van der Waals surface area contributed by atoms with Crippen LogP contribution in [0.4, 0.5) is 5.82 Å². The molecule has 1 aromatic heterocycles. The highest BCUT2D eigenvalue weighted by molar-refractivity contribution is 5.48. The van der Waals surface area contributed by atoms with Gasteiger partial charge in [-0.15, -0.1) is 0 Å². The van der Waals surface area contributed by atoms with Crippen molar-refractivity contribution in [3.8, 4) is 0 Å². The molecule has 1 fully saturated rings. The molecule has 2 rings (SSSR count). The number of anilines is 1. The molecule has 0 amide bonds. The Kier molecular flexibility index (Phi) is 2.95. The molecule has 4 nitrogen and oxygen atoms in total. The van der Waals surface area contributed by atoms with Crippen LogP contribution >= 0.6 is 0 Å². The molecule has 1 saturated heterocycles. The lowest BCUT2D eigenvalue weighted by Crippen LogP contribution is -2.47. The Morgan fingerprint density at radius 1 is 1.53 bits per heavy atom. The van der Waals surface area contributed by atoms with Gasteiger partial charge in [0.25, 0.3) is 0 Å². The monoisotopic (exact) mass is 208 g/mol. The maximum atomic E-state index is 5.69. The first-order chi connectivity index (χ1) is 7.24. The molecule has 0 unspecified atom stereocenters. The molecule has 4 heteroatoms. The highest BCUT2D eigenvalue weighted by Gasteiger charge is 2.28. The van der Waals surface area contributed by atoms with Crippen LogP contribution in [-0.4, -0.2) is 22.9 Å². The topological polar surface area (TPSA) is 47.1 Å². The summed E-state index contributed by atoms with van der Waals surface area (Å²) in [5.41, 5.74) is 6.85. The zero-order chi connectivity index (χ0) is 10.8. The van der Waals surface area contributed by atoms with Crippen molar-refractivity contribution >= 4 is 5.82 Å². The molecular formula is C11H20N4. The van der Waals surface area contributed by atoms with Crippen LogP contribution in [0.3, 0.4) is 0 Å². The Balaban J connectivity index is 1.99. The van der Waals surface area contributed by atoms with Gasteiger partial charge >= 0.3 is 0 Å². The van der Waals surface area contributed by atoms with Gasteiger partial charge < -0.3 is 10.6 Å². The lowest BCUT2D eigenvalue weighted by molar-refractivity contribution is 0.376. The van der Waals surface area contributed by atoms with E-state index in [1.54, 1.807) is 0 Å². The Morgan fingerprint density at radius 3 is 2.87 bits per heavy atom. The lowest BCUT2D eigenvalue weighted by Gasteiger charge is -2.40. The van der Waals surface area contributed by atoms with Gasteiger partial charge in [0.15, 0.2) is 5.82 Å². The maximum absolute atomic E-state index is 5.69. The van der Waals surface area contributed by atoms with Crippen LogP contribution in [0.25, 0.3) is 0 Å². The summed E-state index contributed by atoms with van der Waals surface area (Å²) >= 11 is 0. The maximum Gasteiger partial charge on any atom is 0.155 e. The molecule has 2 heterocycles. The number of hydrogen-bond donors (Lipinski definition) is 1. The first-order valence-corrected chi connectivity index (χ1v) is 5.72. The molecule has 0 aliphatic carbocycles. The fourth-order valence-corrected chi connectivity index (χ4v) is 2.27. The van der Waals surface area contributed by atoms with E-state index in [0.29, 0.717) is 6.54 Å². The number of hydrogen-bond acceptors (Lipinski definition) is 3. The van der Waals surface area contributed by atoms with Crippen molar-refractivity contribution in [2.24, 2.45) is 18.7 Å². The van der Waals surface area contributed by atoms with Crippen molar-refractivity contribution in [3.05, 3.63) is 11.8 Å². The Bertz CT molecular complexity index is 325. The zero-order valence-electron chi connectivity index (χ0n) is 9.61. The van der Waals surface area contributed by atoms with Crippen LogP contribution < -0.4 is 10.6 Å². The van der Waals surface area contributed by atoms with E-state index < -0.39 is 0 Å². The van der Waals surface area contributed by atoms with Gasteiger partial charge in [0, 0.05) is 38.4 Å². The second-order valence-electron chi connectivity index (χ2n) is 4.42. The van der Waals surface area contributed by atoms with Gasteiger partial charge in [-0.2, -0.15) is 5.10 Å². The molecule has 1 aliphatic rings. The summed E-state index contributed by atoms with van der Waals surface area (Å²) in [6.07, 6.45) is 4.63. The van der Waals surface area contributed by atoms with Crippen LogP contribution in [0.15, 0.2) is 6.20 Å². The summed E-state index contributed by atoms with van der Waals surface area (Å²) in [4.78, 5) is 2.34. The summed E-state index contributed by atoms with van der Waals surface area (Å²) in [6, 6.07) is 0. The van der Waals surface area contributed by atoms with Crippen molar-refractivity contribution in [1.82, 2.24) is 9.78 Å². The van der Waals surface area contributed by atoms with Crippen molar-refractivity contribution < 1.29 is 0 Å². The van der Waals surface area contributed by atoms with Crippen molar-refractivity contribution in [1.29, 1.82) is 0 Å². The second kappa shape index (κ2) is 4.23. The SMILES string of the molecule is CCCC1CN(c2nn(C)cc2CN)C1. The third-order valence-electron chi connectivity index (χ3n) is 3.06.